The lowest BCUT2D eigenvalue weighted by molar-refractivity contribution is 0.0458. The summed E-state index contributed by atoms with van der Waals surface area (Å²) < 4.78 is 6.63. The molecule has 0 bridgehead atoms. The van der Waals surface area contributed by atoms with Gasteiger partial charge in [-0.15, -0.1) is 5.10 Å². The topological polar surface area (TPSA) is 108 Å². The number of likely N-dealkylation sites (tertiary alicyclic amines) is 1. The Labute approximate surface area is 124 Å². The van der Waals surface area contributed by atoms with Crippen LogP contribution in [0.5, 0.6) is 0 Å². The fourth-order valence-electron chi connectivity index (χ4n) is 2.30. The number of nitrogens with zero attached hydrogens (tertiary/aromatic N) is 8. The molecule has 10 heteroatoms. The largest absolute Gasteiger partial charge is 0.351 e. The van der Waals surface area contributed by atoms with Crippen molar-refractivity contribution in [3.8, 4) is 0 Å². The molecule has 0 N–H and O–H groups in total. The lowest BCUT2D eigenvalue weighted by Crippen LogP contribution is -2.50. The highest BCUT2D eigenvalue weighted by Gasteiger charge is 2.34. The standard InChI is InChI=1S/C12H12N8O2/c21-12(11-1-2-15-22-11)18-7-10(8-18)19-5-9(16-17-19)6-20-13-3-4-14-20/h1-5,10H,6-8H2. The van der Waals surface area contributed by atoms with Crippen LogP contribution in [-0.4, -0.2) is 59.0 Å². The number of carbonyl (C=O) groups is 1. The van der Waals surface area contributed by atoms with Crippen LogP contribution in [0.1, 0.15) is 22.3 Å². The molecule has 22 heavy (non-hydrogen) atoms. The number of hydrogen-bond donors (Lipinski definition) is 0. The van der Waals surface area contributed by atoms with E-state index in [1.54, 1.807) is 28.0 Å². The van der Waals surface area contributed by atoms with E-state index in [0.29, 0.717) is 19.6 Å². The van der Waals surface area contributed by atoms with Gasteiger partial charge in [0.2, 0.25) is 5.76 Å². The van der Waals surface area contributed by atoms with Crippen molar-refractivity contribution >= 4 is 5.91 Å². The molecule has 3 aromatic heterocycles. The van der Waals surface area contributed by atoms with Gasteiger partial charge in [-0.2, -0.15) is 15.0 Å². The van der Waals surface area contributed by atoms with Crippen molar-refractivity contribution in [3.05, 3.63) is 42.3 Å². The molecule has 112 valence electrons. The van der Waals surface area contributed by atoms with Crippen molar-refractivity contribution in [2.24, 2.45) is 0 Å². The molecular formula is C12H12N8O2. The fourth-order valence-corrected chi connectivity index (χ4v) is 2.30. The van der Waals surface area contributed by atoms with Gasteiger partial charge in [0.05, 0.1) is 30.8 Å². The second kappa shape index (κ2) is 5.06. The average Bonchev–Trinajstić information content (AvgIpc) is 3.19. The van der Waals surface area contributed by atoms with Crippen molar-refractivity contribution in [2.75, 3.05) is 13.1 Å². The monoisotopic (exact) mass is 300 g/mol. The summed E-state index contributed by atoms with van der Waals surface area (Å²) in [7, 11) is 0. The average molecular weight is 300 g/mol. The van der Waals surface area contributed by atoms with Gasteiger partial charge in [0.25, 0.3) is 5.91 Å². The Morgan fingerprint density at radius 2 is 2.09 bits per heavy atom. The van der Waals surface area contributed by atoms with E-state index in [2.05, 4.69) is 25.7 Å². The minimum atomic E-state index is -0.158. The summed E-state index contributed by atoms with van der Waals surface area (Å²) >= 11 is 0. The molecule has 0 spiro atoms. The predicted molar refractivity (Wildman–Crippen MR) is 70.6 cm³/mol. The van der Waals surface area contributed by atoms with Crippen LogP contribution in [0.3, 0.4) is 0 Å². The first-order valence-electron chi connectivity index (χ1n) is 6.74. The van der Waals surface area contributed by atoms with Crippen LogP contribution >= 0.6 is 0 Å². The summed E-state index contributed by atoms with van der Waals surface area (Å²) in [5, 5.41) is 19.8. The van der Waals surface area contributed by atoms with E-state index in [0.717, 1.165) is 5.69 Å². The molecule has 4 rings (SSSR count). The second-order valence-electron chi connectivity index (χ2n) is 4.99. The summed E-state index contributed by atoms with van der Waals surface area (Å²) in [6.07, 6.45) is 6.54. The van der Waals surface area contributed by atoms with E-state index in [-0.39, 0.29) is 17.7 Å². The van der Waals surface area contributed by atoms with Crippen molar-refractivity contribution in [2.45, 2.75) is 12.6 Å². The first-order chi connectivity index (χ1) is 10.8. The van der Waals surface area contributed by atoms with Crippen molar-refractivity contribution < 1.29 is 9.32 Å². The normalized spacial score (nSPS) is 15.0. The molecule has 1 fully saturated rings. The molecule has 0 unspecified atom stereocenters. The Morgan fingerprint density at radius 3 is 2.82 bits per heavy atom. The third-order valence-electron chi connectivity index (χ3n) is 3.50. The van der Waals surface area contributed by atoms with Crippen molar-refractivity contribution in [1.82, 2.24) is 40.0 Å². The maximum Gasteiger partial charge on any atom is 0.292 e. The molecule has 0 saturated carbocycles. The Balaban J connectivity index is 1.37. The van der Waals surface area contributed by atoms with Crippen LogP contribution in [0.4, 0.5) is 0 Å². The van der Waals surface area contributed by atoms with Gasteiger partial charge in [-0.1, -0.05) is 10.4 Å². The third kappa shape index (κ3) is 2.24. The highest BCUT2D eigenvalue weighted by molar-refractivity contribution is 5.91. The fraction of sp³-hybridized carbons (Fsp3) is 0.333. The summed E-state index contributed by atoms with van der Waals surface area (Å²) in [5.41, 5.74) is 0.774. The first-order valence-corrected chi connectivity index (χ1v) is 6.74. The molecule has 0 atom stereocenters. The minimum absolute atomic E-state index is 0.124. The highest BCUT2D eigenvalue weighted by Crippen LogP contribution is 2.22. The van der Waals surface area contributed by atoms with Gasteiger partial charge in [0.1, 0.15) is 12.2 Å². The molecule has 0 aliphatic carbocycles. The minimum Gasteiger partial charge on any atom is -0.351 e. The molecule has 3 aromatic rings. The molecule has 0 aromatic carbocycles. The smallest absolute Gasteiger partial charge is 0.292 e. The number of carbonyl (C=O) groups excluding carboxylic acids is 1. The van der Waals surface area contributed by atoms with Crippen LogP contribution in [0.25, 0.3) is 0 Å². The molecule has 0 radical (unpaired) electrons. The van der Waals surface area contributed by atoms with E-state index in [1.165, 1.54) is 11.0 Å². The van der Waals surface area contributed by atoms with E-state index in [4.69, 9.17) is 4.52 Å². The number of rotatable bonds is 4. The van der Waals surface area contributed by atoms with Crippen molar-refractivity contribution in [3.63, 3.8) is 0 Å². The quantitative estimate of drug-likeness (QED) is 0.645. The van der Waals surface area contributed by atoms with Gasteiger partial charge >= 0.3 is 0 Å². The van der Waals surface area contributed by atoms with Crippen LogP contribution in [0.15, 0.2) is 35.4 Å². The molecule has 1 amide bonds. The van der Waals surface area contributed by atoms with Crippen LogP contribution < -0.4 is 0 Å². The molecule has 10 nitrogen and oxygen atoms in total. The molecule has 1 aliphatic heterocycles. The van der Waals surface area contributed by atoms with E-state index in [9.17, 15) is 4.79 Å². The van der Waals surface area contributed by atoms with Gasteiger partial charge in [-0.05, 0) is 0 Å². The maximum absolute atomic E-state index is 12.0. The third-order valence-corrected chi connectivity index (χ3v) is 3.50. The van der Waals surface area contributed by atoms with Gasteiger partial charge < -0.3 is 9.42 Å². The summed E-state index contributed by atoms with van der Waals surface area (Å²) in [5.74, 6) is 0.0947. The van der Waals surface area contributed by atoms with Crippen LogP contribution in [0.2, 0.25) is 0 Å². The predicted octanol–water partition coefficient (Wildman–Crippen LogP) is -0.397. The zero-order valence-electron chi connectivity index (χ0n) is 11.5. The Bertz CT molecular complexity index is 757. The summed E-state index contributed by atoms with van der Waals surface area (Å²) in [6, 6.07) is 1.68. The second-order valence-corrected chi connectivity index (χ2v) is 4.99. The Morgan fingerprint density at radius 1 is 1.27 bits per heavy atom. The highest BCUT2D eigenvalue weighted by atomic mass is 16.5. The van der Waals surface area contributed by atoms with Crippen molar-refractivity contribution in [1.29, 1.82) is 0 Å². The van der Waals surface area contributed by atoms with Gasteiger partial charge in [-0.3, -0.25) is 4.79 Å². The Kier molecular flexibility index (Phi) is 2.92. The van der Waals surface area contributed by atoms with E-state index < -0.39 is 0 Å². The van der Waals surface area contributed by atoms with Crippen LogP contribution in [0, 0.1) is 0 Å². The number of hydrogen-bond acceptors (Lipinski definition) is 7. The zero-order valence-corrected chi connectivity index (χ0v) is 11.5. The molecule has 1 saturated heterocycles. The maximum atomic E-state index is 12.0. The zero-order chi connectivity index (χ0) is 14.9. The Hall–Kier alpha value is -3.04. The lowest BCUT2D eigenvalue weighted by atomic mass is 10.1. The van der Waals surface area contributed by atoms with Gasteiger partial charge in [0.15, 0.2) is 0 Å². The van der Waals surface area contributed by atoms with Crippen LogP contribution in [-0.2, 0) is 6.54 Å². The number of amides is 1. The summed E-state index contributed by atoms with van der Waals surface area (Å²) in [6.45, 7) is 1.62. The first kappa shape index (κ1) is 12.7. The van der Waals surface area contributed by atoms with Gasteiger partial charge in [0, 0.05) is 19.2 Å². The van der Waals surface area contributed by atoms with E-state index in [1.807, 2.05) is 6.20 Å². The lowest BCUT2D eigenvalue weighted by Gasteiger charge is -2.38. The summed E-state index contributed by atoms with van der Waals surface area (Å²) in [4.78, 5) is 15.2. The van der Waals surface area contributed by atoms with Gasteiger partial charge in [-0.25, -0.2) is 4.68 Å². The van der Waals surface area contributed by atoms with E-state index >= 15 is 0 Å². The number of aromatic nitrogens is 7. The SMILES string of the molecule is O=C(c1ccno1)N1CC(n2cc(Cn3nccn3)nn2)C1. The molecule has 1 aliphatic rings. The molecular weight excluding hydrogens is 288 g/mol. The molecule has 4 heterocycles.